The third kappa shape index (κ3) is 5.17. The summed E-state index contributed by atoms with van der Waals surface area (Å²) in [5, 5.41) is 3.42. The van der Waals surface area contributed by atoms with Crippen LogP contribution in [0.15, 0.2) is 42.0 Å². The summed E-state index contributed by atoms with van der Waals surface area (Å²) in [6.07, 6.45) is 8.44. The minimum Gasteiger partial charge on any atom is -0.357 e. The van der Waals surface area contributed by atoms with Crippen LogP contribution in [0.25, 0.3) is 5.82 Å². The van der Waals surface area contributed by atoms with Crippen LogP contribution < -0.4 is 5.32 Å². The first kappa shape index (κ1) is 19.7. The van der Waals surface area contributed by atoms with Gasteiger partial charge in [-0.15, -0.1) is 24.0 Å². The van der Waals surface area contributed by atoms with E-state index >= 15 is 0 Å². The van der Waals surface area contributed by atoms with Crippen LogP contribution in [-0.2, 0) is 6.54 Å². The van der Waals surface area contributed by atoms with Gasteiger partial charge in [-0.05, 0) is 36.5 Å². The van der Waals surface area contributed by atoms with Crippen molar-refractivity contribution >= 4 is 29.9 Å². The van der Waals surface area contributed by atoms with Gasteiger partial charge < -0.3 is 10.2 Å². The van der Waals surface area contributed by atoms with Crippen LogP contribution in [0.3, 0.4) is 0 Å². The SMILES string of the molecule is CCNC(=NCc1ccnc(-n2ccnc2)c1)N1CCC(C)(C)C1.I. The summed E-state index contributed by atoms with van der Waals surface area (Å²) in [7, 11) is 0. The number of guanidine groups is 1. The number of halogens is 1. The Morgan fingerprint density at radius 3 is 2.84 bits per heavy atom. The van der Waals surface area contributed by atoms with Crippen molar-refractivity contribution in [3.8, 4) is 5.82 Å². The van der Waals surface area contributed by atoms with Gasteiger partial charge in [-0.1, -0.05) is 13.8 Å². The summed E-state index contributed by atoms with van der Waals surface area (Å²) >= 11 is 0. The van der Waals surface area contributed by atoms with Crippen molar-refractivity contribution < 1.29 is 0 Å². The van der Waals surface area contributed by atoms with Crippen LogP contribution in [0.4, 0.5) is 0 Å². The van der Waals surface area contributed by atoms with E-state index < -0.39 is 0 Å². The smallest absolute Gasteiger partial charge is 0.194 e. The molecule has 2 aromatic heterocycles. The van der Waals surface area contributed by atoms with E-state index in [1.54, 1.807) is 12.5 Å². The monoisotopic (exact) mass is 454 g/mol. The predicted octanol–water partition coefficient (Wildman–Crippen LogP) is 3.08. The summed E-state index contributed by atoms with van der Waals surface area (Å²) in [6.45, 7) is 10.4. The molecule has 0 aliphatic carbocycles. The number of pyridine rings is 1. The minimum absolute atomic E-state index is 0. The lowest BCUT2D eigenvalue weighted by Gasteiger charge is -2.23. The fraction of sp³-hybridized carbons (Fsp3) is 0.500. The molecule has 1 aliphatic heterocycles. The summed E-state index contributed by atoms with van der Waals surface area (Å²) < 4.78 is 1.90. The predicted molar refractivity (Wildman–Crippen MR) is 112 cm³/mol. The van der Waals surface area contributed by atoms with Crippen molar-refractivity contribution in [1.82, 2.24) is 24.8 Å². The standard InChI is InChI=1S/C18H26N6.HI/c1-4-20-17(23-9-6-18(2,3)13-23)22-12-15-5-7-21-16(11-15)24-10-8-19-14-24;/h5,7-8,10-11,14H,4,6,9,12-13H2,1-3H3,(H,20,22);1H. The lowest BCUT2D eigenvalue weighted by molar-refractivity contribution is 0.370. The number of hydrogen-bond acceptors (Lipinski definition) is 3. The van der Waals surface area contributed by atoms with E-state index in [2.05, 4.69) is 47.0 Å². The summed E-state index contributed by atoms with van der Waals surface area (Å²) in [5.41, 5.74) is 1.50. The molecule has 0 spiro atoms. The maximum atomic E-state index is 4.83. The quantitative estimate of drug-likeness (QED) is 0.439. The second-order valence-corrected chi connectivity index (χ2v) is 7.00. The zero-order valence-corrected chi connectivity index (χ0v) is 17.5. The number of hydrogen-bond donors (Lipinski definition) is 1. The largest absolute Gasteiger partial charge is 0.357 e. The van der Waals surface area contributed by atoms with Gasteiger partial charge in [0.25, 0.3) is 0 Å². The second kappa shape index (κ2) is 8.64. The zero-order chi connectivity index (χ0) is 17.0. The molecule has 136 valence electrons. The molecule has 0 unspecified atom stereocenters. The van der Waals surface area contributed by atoms with Crippen LogP contribution in [0.1, 0.15) is 32.8 Å². The Morgan fingerprint density at radius 2 is 2.20 bits per heavy atom. The molecule has 0 saturated carbocycles. The number of nitrogens with one attached hydrogen (secondary N) is 1. The van der Waals surface area contributed by atoms with Crippen LogP contribution in [0.5, 0.6) is 0 Å². The molecule has 1 saturated heterocycles. The Hall–Kier alpha value is -1.64. The van der Waals surface area contributed by atoms with E-state index in [1.807, 2.05) is 23.0 Å². The molecule has 25 heavy (non-hydrogen) atoms. The molecule has 3 rings (SSSR count). The number of aliphatic imine (C=N–C) groups is 1. The molecule has 2 aromatic rings. The molecule has 1 fully saturated rings. The lowest BCUT2D eigenvalue weighted by atomic mass is 9.93. The third-order valence-corrected chi connectivity index (χ3v) is 4.30. The number of rotatable bonds is 4. The van der Waals surface area contributed by atoms with E-state index in [1.165, 1.54) is 6.42 Å². The Morgan fingerprint density at radius 1 is 1.36 bits per heavy atom. The van der Waals surface area contributed by atoms with Gasteiger partial charge in [0, 0.05) is 38.2 Å². The van der Waals surface area contributed by atoms with Crippen molar-refractivity contribution in [3.63, 3.8) is 0 Å². The fourth-order valence-electron chi connectivity index (χ4n) is 2.98. The Kier molecular flexibility index (Phi) is 6.80. The molecule has 6 nitrogen and oxygen atoms in total. The zero-order valence-electron chi connectivity index (χ0n) is 15.1. The van der Waals surface area contributed by atoms with Gasteiger partial charge in [0.15, 0.2) is 5.96 Å². The van der Waals surface area contributed by atoms with Crippen molar-refractivity contribution in [3.05, 3.63) is 42.6 Å². The molecule has 0 atom stereocenters. The van der Waals surface area contributed by atoms with Gasteiger partial charge in [0.1, 0.15) is 12.1 Å². The van der Waals surface area contributed by atoms with E-state index in [-0.39, 0.29) is 24.0 Å². The number of aromatic nitrogens is 3. The van der Waals surface area contributed by atoms with Gasteiger partial charge >= 0.3 is 0 Å². The molecule has 0 radical (unpaired) electrons. The van der Waals surface area contributed by atoms with Crippen molar-refractivity contribution in [2.45, 2.75) is 33.7 Å². The first-order valence-electron chi connectivity index (χ1n) is 8.54. The molecular formula is C18H27IN6. The topological polar surface area (TPSA) is 58.3 Å². The molecule has 1 aliphatic rings. The molecular weight excluding hydrogens is 427 g/mol. The molecule has 0 aromatic carbocycles. The molecule has 0 amide bonds. The van der Waals surface area contributed by atoms with Gasteiger partial charge in [-0.25, -0.2) is 15.0 Å². The van der Waals surface area contributed by atoms with Crippen LogP contribution in [0.2, 0.25) is 0 Å². The molecule has 3 heterocycles. The number of nitrogens with zero attached hydrogens (tertiary/aromatic N) is 5. The highest BCUT2D eigenvalue weighted by atomic mass is 127. The highest BCUT2D eigenvalue weighted by molar-refractivity contribution is 14.0. The van der Waals surface area contributed by atoms with Crippen molar-refractivity contribution in [2.24, 2.45) is 10.4 Å². The average Bonchev–Trinajstić information content (AvgIpc) is 3.21. The van der Waals surface area contributed by atoms with E-state index in [0.29, 0.717) is 12.0 Å². The van der Waals surface area contributed by atoms with Crippen molar-refractivity contribution in [2.75, 3.05) is 19.6 Å². The average molecular weight is 454 g/mol. The Balaban J connectivity index is 0.00000225. The Labute approximate surface area is 166 Å². The third-order valence-electron chi connectivity index (χ3n) is 4.30. The van der Waals surface area contributed by atoms with Gasteiger partial charge in [0.2, 0.25) is 0 Å². The first-order chi connectivity index (χ1) is 11.6. The molecule has 1 N–H and O–H groups in total. The molecule has 0 bridgehead atoms. The lowest BCUT2D eigenvalue weighted by Crippen LogP contribution is -2.40. The maximum absolute atomic E-state index is 4.83. The number of likely N-dealkylation sites (tertiary alicyclic amines) is 1. The van der Waals surface area contributed by atoms with Crippen LogP contribution in [-0.4, -0.2) is 45.0 Å². The minimum atomic E-state index is 0. The van der Waals surface area contributed by atoms with E-state index in [9.17, 15) is 0 Å². The molecule has 7 heteroatoms. The van der Waals surface area contributed by atoms with E-state index in [0.717, 1.165) is 37.0 Å². The van der Waals surface area contributed by atoms with Crippen LogP contribution in [0, 0.1) is 5.41 Å². The second-order valence-electron chi connectivity index (χ2n) is 7.00. The summed E-state index contributed by atoms with van der Waals surface area (Å²) in [5.74, 6) is 1.87. The van der Waals surface area contributed by atoms with Crippen LogP contribution >= 0.6 is 24.0 Å². The Bertz CT molecular complexity index is 695. The normalized spacial score (nSPS) is 16.6. The van der Waals surface area contributed by atoms with Crippen molar-refractivity contribution in [1.29, 1.82) is 0 Å². The summed E-state index contributed by atoms with van der Waals surface area (Å²) in [4.78, 5) is 15.7. The van der Waals surface area contributed by atoms with E-state index in [4.69, 9.17) is 4.99 Å². The van der Waals surface area contributed by atoms with Gasteiger partial charge in [-0.2, -0.15) is 0 Å². The highest BCUT2D eigenvalue weighted by Gasteiger charge is 2.30. The number of imidazole rings is 1. The fourth-order valence-corrected chi connectivity index (χ4v) is 2.98. The highest BCUT2D eigenvalue weighted by Crippen LogP contribution is 2.28. The maximum Gasteiger partial charge on any atom is 0.194 e. The summed E-state index contributed by atoms with van der Waals surface area (Å²) in [6, 6.07) is 4.07. The van der Waals surface area contributed by atoms with Gasteiger partial charge in [0.05, 0.1) is 6.54 Å². The van der Waals surface area contributed by atoms with Gasteiger partial charge in [-0.3, -0.25) is 4.57 Å². The first-order valence-corrected chi connectivity index (χ1v) is 8.54.